The predicted octanol–water partition coefficient (Wildman–Crippen LogP) is 4.89. The van der Waals surface area contributed by atoms with Gasteiger partial charge in [-0.25, -0.2) is 0 Å². The SMILES string of the molecule is CCCN1C(=O)/C(=C\c2ccc(OCC(=O)Nc3ccc(CC)cc3)c(OC)c2)SC1=S. The molecule has 1 aliphatic rings. The summed E-state index contributed by atoms with van der Waals surface area (Å²) >= 11 is 6.60. The maximum atomic E-state index is 12.5. The third-order valence-electron chi connectivity index (χ3n) is 4.81. The lowest BCUT2D eigenvalue weighted by atomic mass is 10.1. The minimum atomic E-state index is -0.264. The average molecular weight is 471 g/mol. The molecule has 0 unspecified atom stereocenters. The second-order valence-corrected chi connectivity index (χ2v) is 8.81. The molecule has 1 N–H and O–H groups in total. The normalized spacial score (nSPS) is 14.7. The molecule has 3 rings (SSSR count). The third kappa shape index (κ3) is 5.89. The second kappa shape index (κ2) is 11.2. The van der Waals surface area contributed by atoms with E-state index in [2.05, 4.69) is 12.2 Å². The van der Waals surface area contributed by atoms with Crippen molar-refractivity contribution < 1.29 is 19.1 Å². The number of methoxy groups -OCH3 is 1. The van der Waals surface area contributed by atoms with Gasteiger partial charge in [-0.3, -0.25) is 14.5 Å². The first-order valence-corrected chi connectivity index (χ1v) is 11.6. The minimum absolute atomic E-state index is 0.0789. The molecule has 0 aromatic heterocycles. The number of carbonyl (C=O) groups excluding carboxylic acids is 2. The van der Waals surface area contributed by atoms with E-state index in [-0.39, 0.29) is 18.4 Å². The molecule has 1 aliphatic heterocycles. The van der Waals surface area contributed by atoms with Crippen LogP contribution in [0.1, 0.15) is 31.4 Å². The summed E-state index contributed by atoms with van der Waals surface area (Å²) in [6.07, 6.45) is 3.57. The summed E-state index contributed by atoms with van der Waals surface area (Å²) in [4.78, 5) is 27.0. The van der Waals surface area contributed by atoms with E-state index >= 15 is 0 Å². The molecule has 2 aromatic carbocycles. The number of anilines is 1. The molecule has 1 fully saturated rings. The number of carbonyl (C=O) groups is 2. The van der Waals surface area contributed by atoms with Crippen molar-refractivity contribution in [2.45, 2.75) is 26.7 Å². The van der Waals surface area contributed by atoms with Crippen molar-refractivity contribution in [2.75, 3.05) is 25.6 Å². The van der Waals surface area contributed by atoms with Crippen LogP contribution in [0.4, 0.5) is 5.69 Å². The van der Waals surface area contributed by atoms with E-state index in [9.17, 15) is 9.59 Å². The summed E-state index contributed by atoms with van der Waals surface area (Å²) in [5.41, 5.74) is 2.71. The second-order valence-electron chi connectivity index (χ2n) is 7.13. The van der Waals surface area contributed by atoms with Crippen molar-refractivity contribution in [3.05, 3.63) is 58.5 Å². The van der Waals surface area contributed by atoms with Crippen LogP contribution in [0, 0.1) is 0 Å². The number of nitrogens with one attached hydrogen (secondary N) is 1. The zero-order chi connectivity index (χ0) is 23.1. The summed E-state index contributed by atoms with van der Waals surface area (Å²) in [7, 11) is 1.53. The summed E-state index contributed by atoms with van der Waals surface area (Å²) < 4.78 is 11.7. The molecule has 0 bridgehead atoms. The Hall–Kier alpha value is -2.84. The Labute approximate surface area is 198 Å². The van der Waals surface area contributed by atoms with Crippen LogP contribution < -0.4 is 14.8 Å². The first-order chi connectivity index (χ1) is 15.4. The molecule has 0 aliphatic carbocycles. The van der Waals surface area contributed by atoms with E-state index in [1.807, 2.05) is 37.3 Å². The lowest BCUT2D eigenvalue weighted by Crippen LogP contribution is -2.28. The number of thioether (sulfide) groups is 1. The van der Waals surface area contributed by atoms with Crippen LogP contribution in [-0.4, -0.2) is 41.3 Å². The number of thiocarbonyl (C=S) groups is 1. The van der Waals surface area contributed by atoms with Crippen molar-refractivity contribution in [1.29, 1.82) is 0 Å². The zero-order valence-corrected chi connectivity index (χ0v) is 20.0. The fraction of sp³-hybridized carbons (Fsp3) is 0.292. The predicted molar refractivity (Wildman–Crippen MR) is 133 cm³/mol. The number of benzene rings is 2. The molecule has 2 amide bonds. The highest BCUT2D eigenvalue weighted by molar-refractivity contribution is 8.26. The van der Waals surface area contributed by atoms with Crippen molar-refractivity contribution in [2.24, 2.45) is 0 Å². The van der Waals surface area contributed by atoms with E-state index in [0.29, 0.717) is 27.3 Å². The highest BCUT2D eigenvalue weighted by Crippen LogP contribution is 2.34. The highest BCUT2D eigenvalue weighted by Gasteiger charge is 2.31. The van der Waals surface area contributed by atoms with Gasteiger partial charge in [-0.15, -0.1) is 0 Å². The van der Waals surface area contributed by atoms with Gasteiger partial charge in [-0.1, -0.05) is 56.0 Å². The van der Waals surface area contributed by atoms with Gasteiger partial charge in [0.25, 0.3) is 11.8 Å². The van der Waals surface area contributed by atoms with Gasteiger partial charge in [-0.05, 0) is 54.3 Å². The van der Waals surface area contributed by atoms with E-state index in [1.165, 1.54) is 24.4 Å². The third-order valence-corrected chi connectivity index (χ3v) is 6.19. The summed E-state index contributed by atoms with van der Waals surface area (Å²) in [6.45, 7) is 4.55. The molecule has 2 aromatic rings. The maximum Gasteiger partial charge on any atom is 0.266 e. The highest BCUT2D eigenvalue weighted by atomic mass is 32.2. The first-order valence-electron chi connectivity index (χ1n) is 10.4. The van der Waals surface area contributed by atoms with Gasteiger partial charge in [0.1, 0.15) is 4.32 Å². The molecular formula is C24H26N2O4S2. The number of aryl methyl sites for hydroxylation is 1. The average Bonchev–Trinajstić information content (AvgIpc) is 3.06. The number of ether oxygens (including phenoxy) is 2. The van der Waals surface area contributed by atoms with Crippen LogP contribution >= 0.6 is 24.0 Å². The van der Waals surface area contributed by atoms with Crippen LogP contribution in [0.5, 0.6) is 11.5 Å². The van der Waals surface area contributed by atoms with Crippen molar-refractivity contribution in [1.82, 2.24) is 4.90 Å². The van der Waals surface area contributed by atoms with Crippen molar-refractivity contribution in [3.63, 3.8) is 0 Å². The number of rotatable bonds is 9. The molecule has 32 heavy (non-hydrogen) atoms. The lowest BCUT2D eigenvalue weighted by Gasteiger charge is -2.12. The van der Waals surface area contributed by atoms with Gasteiger partial charge < -0.3 is 14.8 Å². The van der Waals surface area contributed by atoms with Gasteiger partial charge in [0, 0.05) is 12.2 Å². The van der Waals surface area contributed by atoms with Crippen LogP contribution in [0.15, 0.2) is 47.4 Å². The summed E-state index contributed by atoms with van der Waals surface area (Å²) in [5, 5.41) is 2.81. The van der Waals surface area contributed by atoms with Gasteiger partial charge >= 0.3 is 0 Å². The summed E-state index contributed by atoms with van der Waals surface area (Å²) in [6, 6.07) is 13.0. The van der Waals surface area contributed by atoms with E-state index in [1.54, 1.807) is 23.1 Å². The number of hydrogen-bond acceptors (Lipinski definition) is 6. The Balaban J connectivity index is 1.64. The number of hydrogen-bond donors (Lipinski definition) is 1. The lowest BCUT2D eigenvalue weighted by molar-refractivity contribution is -0.122. The molecule has 168 valence electrons. The molecule has 0 radical (unpaired) electrons. The topological polar surface area (TPSA) is 67.9 Å². The minimum Gasteiger partial charge on any atom is -0.493 e. The zero-order valence-electron chi connectivity index (χ0n) is 18.3. The smallest absolute Gasteiger partial charge is 0.266 e. The maximum absolute atomic E-state index is 12.5. The van der Waals surface area contributed by atoms with Crippen molar-refractivity contribution >= 4 is 51.9 Å². The van der Waals surface area contributed by atoms with Gasteiger partial charge in [-0.2, -0.15) is 0 Å². The molecule has 0 spiro atoms. The van der Waals surface area contributed by atoms with Crippen LogP contribution in [0.25, 0.3) is 6.08 Å². The molecule has 0 saturated carbocycles. The number of amides is 2. The van der Waals surface area contributed by atoms with Crippen LogP contribution in [-0.2, 0) is 16.0 Å². The molecule has 1 saturated heterocycles. The summed E-state index contributed by atoms with van der Waals surface area (Å²) in [5.74, 6) is 0.576. The molecule has 1 heterocycles. The van der Waals surface area contributed by atoms with Gasteiger partial charge in [0.15, 0.2) is 18.1 Å². The molecule has 6 nitrogen and oxygen atoms in total. The Bertz CT molecular complexity index is 1030. The molecular weight excluding hydrogens is 444 g/mol. The standard InChI is InChI=1S/C24H26N2O4S2/c1-4-12-26-23(28)21(32-24(26)31)14-17-8-11-19(20(13-17)29-3)30-15-22(27)25-18-9-6-16(5-2)7-10-18/h6-11,13-14H,4-5,12,15H2,1-3H3,(H,25,27)/b21-14+. The van der Waals surface area contributed by atoms with Gasteiger partial charge in [0.05, 0.1) is 12.0 Å². The molecule has 8 heteroatoms. The monoisotopic (exact) mass is 470 g/mol. The first kappa shape index (κ1) is 23.8. The van der Waals surface area contributed by atoms with E-state index in [0.717, 1.165) is 24.1 Å². The Kier molecular flexibility index (Phi) is 8.30. The van der Waals surface area contributed by atoms with E-state index < -0.39 is 0 Å². The molecule has 0 atom stereocenters. The fourth-order valence-electron chi connectivity index (χ4n) is 3.13. The fourth-order valence-corrected chi connectivity index (χ4v) is 4.43. The van der Waals surface area contributed by atoms with Gasteiger partial charge in [0.2, 0.25) is 0 Å². The van der Waals surface area contributed by atoms with Crippen LogP contribution in [0.3, 0.4) is 0 Å². The Morgan fingerprint density at radius 3 is 2.56 bits per heavy atom. The largest absolute Gasteiger partial charge is 0.493 e. The van der Waals surface area contributed by atoms with Crippen molar-refractivity contribution in [3.8, 4) is 11.5 Å². The van der Waals surface area contributed by atoms with Crippen LogP contribution in [0.2, 0.25) is 0 Å². The quantitative estimate of drug-likeness (QED) is 0.416. The Morgan fingerprint density at radius 1 is 1.16 bits per heavy atom. The number of nitrogens with zero attached hydrogens (tertiary/aromatic N) is 1. The Morgan fingerprint density at radius 2 is 1.91 bits per heavy atom. The van der Waals surface area contributed by atoms with E-state index in [4.69, 9.17) is 21.7 Å².